The van der Waals surface area contributed by atoms with E-state index in [9.17, 15) is 9.59 Å². The van der Waals surface area contributed by atoms with E-state index in [2.05, 4.69) is 0 Å². The number of carbonyl (C=O) groups excluding carboxylic acids is 2. The minimum Gasteiger partial charge on any atom is -0.493 e. The fourth-order valence-electron chi connectivity index (χ4n) is 4.12. The monoisotopic (exact) mass is 438 g/mol. The van der Waals surface area contributed by atoms with Crippen molar-refractivity contribution in [2.45, 2.75) is 25.7 Å². The van der Waals surface area contributed by atoms with Gasteiger partial charge in [-0.25, -0.2) is 0 Å². The van der Waals surface area contributed by atoms with Crippen molar-refractivity contribution in [2.75, 3.05) is 59.7 Å². The molecule has 0 radical (unpaired) electrons. The maximum atomic E-state index is 13.1. The van der Waals surface area contributed by atoms with E-state index < -0.39 is 5.41 Å². The number of hydrogen-bond donors (Lipinski definition) is 0. The summed E-state index contributed by atoms with van der Waals surface area (Å²) in [6, 6.07) is 7.25. The second kappa shape index (κ2) is 11.0. The van der Waals surface area contributed by atoms with Gasteiger partial charge in [-0.05, 0) is 31.0 Å². The summed E-state index contributed by atoms with van der Waals surface area (Å²) < 4.78 is 16.5. The molecule has 2 aliphatic heterocycles. The van der Waals surface area contributed by atoms with Crippen LogP contribution in [0.3, 0.4) is 0 Å². The summed E-state index contributed by atoms with van der Waals surface area (Å²) in [7, 11) is 1.59. The van der Waals surface area contributed by atoms with Gasteiger partial charge in [0.2, 0.25) is 11.8 Å². The highest BCUT2D eigenvalue weighted by atomic mass is 35.5. The molecule has 0 saturated carbocycles. The van der Waals surface area contributed by atoms with E-state index >= 15 is 0 Å². The summed E-state index contributed by atoms with van der Waals surface area (Å²) in [5.74, 6) is 0.824. The molecule has 1 aromatic carbocycles. The predicted molar refractivity (Wildman–Crippen MR) is 114 cm³/mol. The van der Waals surface area contributed by atoms with Crippen LogP contribution in [0.5, 0.6) is 5.75 Å². The lowest BCUT2D eigenvalue weighted by molar-refractivity contribution is -0.144. The van der Waals surface area contributed by atoms with Gasteiger partial charge in [-0.3, -0.25) is 9.59 Å². The number of benzene rings is 1. The van der Waals surface area contributed by atoms with Gasteiger partial charge >= 0.3 is 0 Å². The Morgan fingerprint density at radius 3 is 2.70 bits per heavy atom. The number of ether oxygens (including phenoxy) is 3. The normalized spacial score (nSPS) is 22.1. The van der Waals surface area contributed by atoms with E-state index in [0.29, 0.717) is 76.2 Å². The number of hydrogen-bond acceptors (Lipinski definition) is 5. The molecule has 30 heavy (non-hydrogen) atoms. The Labute approximate surface area is 183 Å². The summed E-state index contributed by atoms with van der Waals surface area (Å²) in [6.45, 7) is 4.32. The molecule has 0 unspecified atom stereocenters. The highest BCUT2D eigenvalue weighted by Crippen LogP contribution is 2.36. The van der Waals surface area contributed by atoms with Crippen molar-refractivity contribution < 1.29 is 23.8 Å². The third kappa shape index (κ3) is 6.33. The van der Waals surface area contributed by atoms with Gasteiger partial charge < -0.3 is 24.0 Å². The second-order valence-electron chi connectivity index (χ2n) is 8.08. The molecule has 0 N–H and O–H groups in total. The number of rotatable bonds is 8. The number of carbonyl (C=O) groups is 2. The van der Waals surface area contributed by atoms with Crippen LogP contribution in [0.2, 0.25) is 5.02 Å². The van der Waals surface area contributed by atoms with Gasteiger partial charge in [-0.15, -0.1) is 0 Å². The molecule has 166 valence electrons. The molecule has 2 amide bonds. The number of halogens is 1. The van der Waals surface area contributed by atoms with Crippen LogP contribution >= 0.6 is 11.6 Å². The SMILES string of the molecule is COCCC(=O)N1CCC[C@](COc2cccc(Cl)c2)(CC(=O)N2CCOCC2)C1. The van der Waals surface area contributed by atoms with Crippen LogP contribution in [0.4, 0.5) is 0 Å². The minimum absolute atomic E-state index is 0.0579. The quantitative estimate of drug-likeness (QED) is 0.624. The van der Waals surface area contributed by atoms with Crippen LogP contribution in [0.25, 0.3) is 0 Å². The standard InChI is InChI=1S/C22H31ClN2O5/c1-28-11-6-20(26)25-8-3-7-22(16-25,15-21(27)24-9-12-29-13-10-24)17-30-19-5-2-4-18(23)14-19/h2,4-5,14H,3,6-13,15-17H2,1H3/t22-/m0/s1. The maximum absolute atomic E-state index is 13.1. The van der Waals surface area contributed by atoms with E-state index in [0.717, 1.165) is 12.8 Å². The van der Waals surface area contributed by atoms with Crippen molar-refractivity contribution >= 4 is 23.4 Å². The van der Waals surface area contributed by atoms with Gasteiger partial charge in [0.25, 0.3) is 0 Å². The molecule has 2 fully saturated rings. The molecular weight excluding hydrogens is 408 g/mol. The fraction of sp³-hybridized carbons (Fsp3) is 0.636. The Balaban J connectivity index is 1.72. The molecule has 7 nitrogen and oxygen atoms in total. The topological polar surface area (TPSA) is 68.3 Å². The lowest BCUT2D eigenvalue weighted by Gasteiger charge is -2.43. The molecule has 0 bridgehead atoms. The van der Waals surface area contributed by atoms with Crippen LogP contribution in [0.15, 0.2) is 24.3 Å². The molecular formula is C22H31ClN2O5. The largest absolute Gasteiger partial charge is 0.493 e. The fourth-order valence-corrected chi connectivity index (χ4v) is 4.30. The Hall–Kier alpha value is -1.83. The zero-order valence-corrected chi connectivity index (χ0v) is 18.4. The smallest absolute Gasteiger partial charge is 0.224 e. The minimum atomic E-state index is -0.432. The lowest BCUT2D eigenvalue weighted by Crippen LogP contribution is -2.52. The first-order valence-electron chi connectivity index (χ1n) is 10.5. The lowest BCUT2D eigenvalue weighted by atomic mass is 9.77. The van der Waals surface area contributed by atoms with Gasteiger partial charge in [-0.2, -0.15) is 0 Å². The first-order chi connectivity index (χ1) is 14.5. The van der Waals surface area contributed by atoms with Crippen molar-refractivity contribution in [3.8, 4) is 5.75 Å². The van der Waals surface area contributed by atoms with Gasteiger partial charge in [0, 0.05) is 50.1 Å². The number of nitrogens with zero attached hydrogens (tertiary/aromatic N) is 2. The van der Waals surface area contributed by atoms with E-state index in [4.69, 9.17) is 25.8 Å². The third-order valence-electron chi connectivity index (χ3n) is 5.77. The van der Waals surface area contributed by atoms with Gasteiger partial charge in [0.1, 0.15) is 5.75 Å². The van der Waals surface area contributed by atoms with Crippen molar-refractivity contribution in [3.05, 3.63) is 29.3 Å². The van der Waals surface area contributed by atoms with Crippen LogP contribution in [-0.4, -0.2) is 81.3 Å². The average Bonchev–Trinajstić information content (AvgIpc) is 2.77. The predicted octanol–water partition coefficient (Wildman–Crippen LogP) is 2.61. The molecule has 2 aliphatic rings. The maximum Gasteiger partial charge on any atom is 0.224 e. The molecule has 2 saturated heterocycles. The van der Waals surface area contributed by atoms with Crippen molar-refractivity contribution in [3.63, 3.8) is 0 Å². The molecule has 1 atom stereocenters. The Morgan fingerprint density at radius 2 is 1.97 bits per heavy atom. The number of likely N-dealkylation sites (tertiary alicyclic amines) is 1. The van der Waals surface area contributed by atoms with E-state index in [1.54, 1.807) is 19.2 Å². The van der Waals surface area contributed by atoms with Gasteiger partial charge in [0.15, 0.2) is 0 Å². The Bertz CT molecular complexity index is 725. The molecule has 1 aromatic rings. The van der Waals surface area contributed by atoms with E-state index in [1.807, 2.05) is 21.9 Å². The summed E-state index contributed by atoms with van der Waals surface area (Å²) in [5.41, 5.74) is -0.432. The zero-order chi connectivity index (χ0) is 21.4. The Morgan fingerprint density at radius 1 is 1.17 bits per heavy atom. The van der Waals surface area contributed by atoms with Crippen LogP contribution in [0.1, 0.15) is 25.7 Å². The molecule has 0 spiro atoms. The highest BCUT2D eigenvalue weighted by molar-refractivity contribution is 6.30. The van der Waals surface area contributed by atoms with E-state index in [-0.39, 0.29) is 11.8 Å². The first-order valence-corrected chi connectivity index (χ1v) is 10.9. The molecule has 8 heteroatoms. The average molecular weight is 439 g/mol. The number of piperidine rings is 1. The summed E-state index contributed by atoms with van der Waals surface area (Å²) in [5, 5.41) is 0.603. The van der Waals surface area contributed by atoms with Crippen molar-refractivity contribution in [1.82, 2.24) is 9.80 Å². The summed E-state index contributed by atoms with van der Waals surface area (Å²) in [6.07, 6.45) is 2.37. The van der Waals surface area contributed by atoms with Crippen LogP contribution < -0.4 is 4.74 Å². The molecule has 0 aromatic heterocycles. The molecule has 0 aliphatic carbocycles. The van der Waals surface area contributed by atoms with Crippen LogP contribution in [0, 0.1) is 5.41 Å². The van der Waals surface area contributed by atoms with Gasteiger partial charge in [-0.1, -0.05) is 17.7 Å². The Kier molecular flexibility index (Phi) is 8.36. The first kappa shape index (κ1) is 22.8. The van der Waals surface area contributed by atoms with Crippen LogP contribution in [-0.2, 0) is 19.1 Å². The molecule has 2 heterocycles. The highest BCUT2D eigenvalue weighted by Gasteiger charge is 2.41. The number of morpholine rings is 1. The summed E-state index contributed by atoms with van der Waals surface area (Å²) >= 11 is 6.08. The summed E-state index contributed by atoms with van der Waals surface area (Å²) in [4.78, 5) is 29.4. The van der Waals surface area contributed by atoms with Crippen molar-refractivity contribution in [2.24, 2.45) is 5.41 Å². The van der Waals surface area contributed by atoms with Gasteiger partial charge in [0.05, 0.1) is 32.8 Å². The number of amides is 2. The third-order valence-corrected chi connectivity index (χ3v) is 6.00. The molecule has 3 rings (SSSR count). The van der Waals surface area contributed by atoms with E-state index in [1.165, 1.54) is 0 Å². The van der Waals surface area contributed by atoms with Crippen molar-refractivity contribution in [1.29, 1.82) is 0 Å². The number of methoxy groups -OCH3 is 1. The zero-order valence-electron chi connectivity index (χ0n) is 17.6. The second-order valence-corrected chi connectivity index (χ2v) is 8.51.